The van der Waals surface area contributed by atoms with E-state index in [2.05, 4.69) is 16.0 Å². The minimum absolute atomic E-state index is 0.0668. The summed E-state index contributed by atoms with van der Waals surface area (Å²) in [5, 5.41) is 7.61. The second kappa shape index (κ2) is 14.8. The molecule has 0 bridgehead atoms. The van der Waals surface area contributed by atoms with Crippen molar-refractivity contribution in [3.63, 3.8) is 0 Å². The van der Waals surface area contributed by atoms with Crippen LogP contribution in [0.15, 0.2) is 144 Å². The Hall–Kier alpha value is -5.47. The van der Waals surface area contributed by atoms with Gasteiger partial charge in [-0.15, -0.1) is 11.8 Å². The molecule has 0 aliphatic rings. The SMILES string of the molecule is Cc1ccc(/C=C(\NC(=O)c2ccccc2)C(=O)Nc2cccc(SC(C(=O)Nc3ccccc3F)c3ccccc3)c2)cc1. The van der Waals surface area contributed by atoms with Gasteiger partial charge in [-0.25, -0.2) is 4.39 Å². The van der Waals surface area contributed by atoms with Gasteiger partial charge in [0, 0.05) is 16.1 Å². The lowest BCUT2D eigenvalue weighted by Gasteiger charge is -2.18. The molecular formula is C37H30FN3O3S. The highest BCUT2D eigenvalue weighted by Gasteiger charge is 2.23. The van der Waals surface area contributed by atoms with Gasteiger partial charge in [-0.2, -0.15) is 0 Å². The predicted molar refractivity (Wildman–Crippen MR) is 178 cm³/mol. The van der Waals surface area contributed by atoms with Crippen LogP contribution in [0.2, 0.25) is 0 Å². The van der Waals surface area contributed by atoms with Crippen molar-refractivity contribution in [1.29, 1.82) is 0 Å². The van der Waals surface area contributed by atoms with Gasteiger partial charge >= 0.3 is 0 Å². The highest BCUT2D eigenvalue weighted by molar-refractivity contribution is 8.00. The Morgan fingerprint density at radius 1 is 0.733 bits per heavy atom. The average molecular weight is 616 g/mol. The molecular weight excluding hydrogens is 585 g/mol. The van der Waals surface area contributed by atoms with Crippen LogP contribution >= 0.6 is 11.8 Å². The van der Waals surface area contributed by atoms with E-state index >= 15 is 0 Å². The van der Waals surface area contributed by atoms with E-state index in [-0.39, 0.29) is 11.4 Å². The van der Waals surface area contributed by atoms with Crippen LogP contribution in [0.25, 0.3) is 6.08 Å². The molecule has 1 atom stereocenters. The minimum atomic E-state index is -0.709. The summed E-state index contributed by atoms with van der Waals surface area (Å²) in [6.07, 6.45) is 1.62. The van der Waals surface area contributed by atoms with Crippen LogP contribution in [0.1, 0.15) is 32.3 Å². The molecule has 0 aliphatic carbocycles. The van der Waals surface area contributed by atoms with Gasteiger partial charge in [0.05, 0.1) is 5.69 Å². The maximum atomic E-state index is 14.3. The molecule has 0 fully saturated rings. The Morgan fingerprint density at radius 2 is 1.40 bits per heavy atom. The number of carbonyl (C=O) groups is 3. The normalized spacial score (nSPS) is 11.7. The summed E-state index contributed by atoms with van der Waals surface area (Å²) in [4.78, 5) is 40.7. The predicted octanol–water partition coefficient (Wildman–Crippen LogP) is 8.02. The highest BCUT2D eigenvalue weighted by atomic mass is 32.2. The summed E-state index contributed by atoms with van der Waals surface area (Å²) < 4.78 is 14.3. The molecule has 0 aromatic heterocycles. The van der Waals surface area contributed by atoms with Crippen LogP contribution in [0.5, 0.6) is 0 Å². The molecule has 6 nitrogen and oxygen atoms in total. The molecule has 5 aromatic rings. The number of halogens is 1. The number of hydrogen-bond acceptors (Lipinski definition) is 4. The van der Waals surface area contributed by atoms with Crippen molar-refractivity contribution < 1.29 is 18.8 Å². The molecule has 8 heteroatoms. The van der Waals surface area contributed by atoms with Crippen LogP contribution in [0, 0.1) is 12.7 Å². The van der Waals surface area contributed by atoms with Crippen molar-refractivity contribution in [2.75, 3.05) is 10.6 Å². The number of aryl methyl sites for hydroxylation is 1. The van der Waals surface area contributed by atoms with E-state index in [9.17, 15) is 18.8 Å². The lowest BCUT2D eigenvalue weighted by atomic mass is 10.1. The smallest absolute Gasteiger partial charge is 0.272 e. The first-order valence-electron chi connectivity index (χ1n) is 14.2. The molecule has 5 aromatic carbocycles. The maximum Gasteiger partial charge on any atom is 0.272 e. The topological polar surface area (TPSA) is 87.3 Å². The Kier molecular flexibility index (Phi) is 10.2. The number of nitrogens with one attached hydrogen (secondary N) is 3. The quantitative estimate of drug-likeness (QED) is 0.110. The fraction of sp³-hybridized carbons (Fsp3) is 0.0541. The number of thioether (sulfide) groups is 1. The number of para-hydroxylation sites is 1. The largest absolute Gasteiger partial charge is 0.322 e. The van der Waals surface area contributed by atoms with Gasteiger partial charge in [-0.05, 0) is 66.6 Å². The number of rotatable bonds is 10. The van der Waals surface area contributed by atoms with Gasteiger partial charge in [0.15, 0.2) is 0 Å². The molecule has 224 valence electrons. The van der Waals surface area contributed by atoms with Gasteiger partial charge in [0.1, 0.15) is 16.8 Å². The summed E-state index contributed by atoms with van der Waals surface area (Å²) in [5.74, 6) is -1.85. The molecule has 1 unspecified atom stereocenters. The van der Waals surface area contributed by atoms with Crippen molar-refractivity contribution in [3.8, 4) is 0 Å². The van der Waals surface area contributed by atoms with E-state index in [1.807, 2.05) is 73.7 Å². The third-order valence-electron chi connectivity index (χ3n) is 6.74. The first kappa shape index (κ1) is 31.0. The number of anilines is 2. The Labute approximate surface area is 265 Å². The van der Waals surface area contributed by atoms with Gasteiger partial charge in [-0.3, -0.25) is 14.4 Å². The standard InChI is InChI=1S/C37H30FN3O3S/c1-25-19-21-26(22-20-25)23-33(41-35(42)28-13-6-3-7-14-28)36(43)39-29-15-10-16-30(24-29)45-34(27-11-4-2-5-12-27)37(44)40-32-18-9-8-17-31(32)38/h2-24,34H,1H3,(H,39,43)(H,40,44)(H,41,42)/b33-23-. The molecule has 0 heterocycles. The van der Waals surface area contributed by atoms with Crippen LogP contribution < -0.4 is 16.0 Å². The molecule has 3 N–H and O–H groups in total. The van der Waals surface area contributed by atoms with E-state index in [4.69, 9.17) is 0 Å². The van der Waals surface area contributed by atoms with E-state index in [1.54, 1.807) is 60.7 Å². The summed E-state index contributed by atoms with van der Waals surface area (Å²) >= 11 is 1.27. The second-order valence-corrected chi connectivity index (χ2v) is 11.3. The molecule has 0 saturated heterocycles. The zero-order chi connectivity index (χ0) is 31.6. The van der Waals surface area contributed by atoms with Crippen molar-refractivity contribution in [2.45, 2.75) is 17.1 Å². The van der Waals surface area contributed by atoms with Crippen molar-refractivity contribution in [2.24, 2.45) is 0 Å². The number of hydrogen-bond donors (Lipinski definition) is 3. The van der Waals surface area contributed by atoms with E-state index in [0.29, 0.717) is 16.1 Å². The Bertz CT molecular complexity index is 1830. The third-order valence-corrected chi connectivity index (χ3v) is 7.98. The molecule has 0 radical (unpaired) electrons. The fourth-order valence-electron chi connectivity index (χ4n) is 4.42. The maximum absolute atomic E-state index is 14.3. The van der Waals surface area contributed by atoms with Gasteiger partial charge in [-0.1, -0.05) is 96.6 Å². The zero-order valence-corrected chi connectivity index (χ0v) is 25.2. The third kappa shape index (κ3) is 8.55. The van der Waals surface area contributed by atoms with Gasteiger partial charge < -0.3 is 16.0 Å². The number of amides is 3. The zero-order valence-electron chi connectivity index (χ0n) is 24.4. The van der Waals surface area contributed by atoms with Crippen LogP contribution in [-0.4, -0.2) is 17.7 Å². The first-order chi connectivity index (χ1) is 21.9. The summed E-state index contributed by atoms with van der Waals surface area (Å²) in [7, 11) is 0. The Balaban J connectivity index is 1.37. The highest BCUT2D eigenvalue weighted by Crippen LogP contribution is 2.37. The van der Waals surface area contributed by atoms with Gasteiger partial charge in [0.25, 0.3) is 11.8 Å². The minimum Gasteiger partial charge on any atom is -0.322 e. The molecule has 3 amide bonds. The summed E-state index contributed by atoms with van der Waals surface area (Å²) in [6.45, 7) is 1.97. The van der Waals surface area contributed by atoms with E-state index in [0.717, 1.165) is 16.7 Å². The summed E-state index contributed by atoms with van der Waals surface area (Å²) in [6, 6.07) is 38.5. The molecule has 5 rings (SSSR count). The summed E-state index contributed by atoms with van der Waals surface area (Å²) in [5.41, 5.74) is 3.59. The molecule has 0 saturated carbocycles. The van der Waals surface area contributed by atoms with Crippen molar-refractivity contribution in [1.82, 2.24) is 5.32 Å². The van der Waals surface area contributed by atoms with Crippen LogP contribution in [-0.2, 0) is 9.59 Å². The average Bonchev–Trinajstić information content (AvgIpc) is 3.06. The first-order valence-corrected chi connectivity index (χ1v) is 15.1. The molecule has 0 aliphatic heterocycles. The van der Waals surface area contributed by atoms with E-state index in [1.165, 1.54) is 23.9 Å². The lowest BCUT2D eigenvalue weighted by molar-refractivity contribution is -0.116. The van der Waals surface area contributed by atoms with Gasteiger partial charge in [0.2, 0.25) is 5.91 Å². The van der Waals surface area contributed by atoms with E-state index < -0.39 is 28.8 Å². The molecule has 45 heavy (non-hydrogen) atoms. The molecule has 0 spiro atoms. The van der Waals surface area contributed by atoms with Crippen LogP contribution in [0.3, 0.4) is 0 Å². The van der Waals surface area contributed by atoms with Crippen molar-refractivity contribution >= 4 is 46.9 Å². The van der Waals surface area contributed by atoms with Crippen LogP contribution in [0.4, 0.5) is 15.8 Å². The number of benzene rings is 5. The fourth-order valence-corrected chi connectivity index (χ4v) is 5.50. The lowest BCUT2D eigenvalue weighted by Crippen LogP contribution is -2.30. The van der Waals surface area contributed by atoms with Crippen molar-refractivity contribution in [3.05, 3.63) is 167 Å². The Morgan fingerprint density at radius 3 is 2.11 bits per heavy atom. The monoisotopic (exact) mass is 615 g/mol. The number of carbonyl (C=O) groups excluding carboxylic acids is 3. The second-order valence-electron chi connectivity index (χ2n) is 10.1.